The van der Waals surface area contributed by atoms with E-state index in [1.165, 1.54) is 17.2 Å². The highest BCUT2D eigenvalue weighted by Gasteiger charge is 2.02. The summed E-state index contributed by atoms with van der Waals surface area (Å²) in [5.74, 6) is 0.562. The van der Waals surface area contributed by atoms with Gasteiger partial charge in [-0.1, -0.05) is 30.3 Å². The van der Waals surface area contributed by atoms with E-state index in [-0.39, 0.29) is 29.8 Å². The third-order valence-corrected chi connectivity index (χ3v) is 4.17. The Hall–Kier alpha value is -1.67. The van der Waals surface area contributed by atoms with Crippen molar-refractivity contribution in [1.29, 1.82) is 0 Å². The monoisotopic (exact) mass is 485 g/mol. The van der Waals surface area contributed by atoms with Crippen molar-refractivity contribution in [3.63, 3.8) is 0 Å². The van der Waals surface area contributed by atoms with Crippen LogP contribution in [0.4, 0.5) is 4.39 Å². The van der Waals surface area contributed by atoms with Crippen LogP contribution in [0.3, 0.4) is 0 Å². The molecule has 0 aliphatic rings. The van der Waals surface area contributed by atoms with Gasteiger partial charge in [-0.15, -0.1) is 24.0 Å². The van der Waals surface area contributed by atoms with Gasteiger partial charge < -0.3 is 15.4 Å². The van der Waals surface area contributed by atoms with Crippen LogP contribution in [0.5, 0.6) is 0 Å². The van der Waals surface area contributed by atoms with Crippen LogP contribution in [0, 0.1) is 12.7 Å². The lowest BCUT2D eigenvalue weighted by Crippen LogP contribution is -2.37. The molecule has 0 atom stereocenters. The van der Waals surface area contributed by atoms with Crippen LogP contribution >= 0.6 is 24.0 Å². The Bertz CT molecular complexity index is 720. The van der Waals surface area contributed by atoms with Gasteiger partial charge in [-0.25, -0.2) is 4.39 Å². The molecule has 2 aromatic rings. The average molecular weight is 485 g/mol. The highest BCUT2D eigenvalue weighted by atomic mass is 127. The van der Waals surface area contributed by atoms with Gasteiger partial charge >= 0.3 is 0 Å². The van der Waals surface area contributed by atoms with Crippen molar-refractivity contribution in [3.8, 4) is 0 Å². The minimum absolute atomic E-state index is 0. The number of nitrogens with one attached hydrogen (secondary N) is 2. The molecule has 0 aliphatic carbocycles. The van der Waals surface area contributed by atoms with Crippen LogP contribution in [-0.2, 0) is 24.3 Å². The van der Waals surface area contributed by atoms with Crippen LogP contribution in [0.25, 0.3) is 0 Å². The number of halogens is 2. The van der Waals surface area contributed by atoms with Gasteiger partial charge in [0.15, 0.2) is 5.96 Å². The molecule has 0 aromatic heterocycles. The van der Waals surface area contributed by atoms with Crippen LogP contribution < -0.4 is 10.6 Å². The predicted octanol–water partition coefficient (Wildman–Crippen LogP) is 4.20. The number of aliphatic imine (C=N–C) groups is 1. The maximum Gasteiger partial charge on any atom is 0.191 e. The molecule has 0 saturated heterocycles. The van der Waals surface area contributed by atoms with Crippen molar-refractivity contribution < 1.29 is 9.13 Å². The van der Waals surface area contributed by atoms with Crippen LogP contribution in [-0.4, -0.2) is 26.2 Å². The van der Waals surface area contributed by atoms with Crippen molar-refractivity contribution in [2.24, 2.45) is 4.99 Å². The summed E-state index contributed by atoms with van der Waals surface area (Å²) in [4.78, 5) is 4.24. The summed E-state index contributed by atoms with van der Waals surface area (Å²) >= 11 is 0. The average Bonchev–Trinajstić information content (AvgIpc) is 2.65. The topological polar surface area (TPSA) is 45.6 Å². The zero-order valence-electron chi connectivity index (χ0n) is 16.2. The molecule has 27 heavy (non-hydrogen) atoms. The molecule has 0 aliphatic heterocycles. The first-order valence-corrected chi connectivity index (χ1v) is 8.97. The fraction of sp³-hybridized carbons (Fsp3) is 0.381. The Labute approximate surface area is 178 Å². The Morgan fingerprint density at radius 1 is 1.07 bits per heavy atom. The molecule has 0 radical (unpaired) electrons. The summed E-state index contributed by atoms with van der Waals surface area (Å²) in [6, 6.07) is 13.3. The molecule has 2 aromatic carbocycles. The minimum atomic E-state index is -0.191. The van der Waals surface area contributed by atoms with Gasteiger partial charge in [0.1, 0.15) is 5.82 Å². The van der Waals surface area contributed by atoms with Gasteiger partial charge in [0.25, 0.3) is 0 Å². The first kappa shape index (κ1) is 23.4. The number of rotatable bonds is 8. The molecule has 0 amide bonds. The molecule has 6 heteroatoms. The lowest BCUT2D eigenvalue weighted by Gasteiger charge is -2.13. The van der Waals surface area contributed by atoms with E-state index < -0.39 is 0 Å². The third-order valence-electron chi connectivity index (χ3n) is 4.17. The number of hydrogen-bond donors (Lipinski definition) is 2. The number of ether oxygens (including phenoxy) is 1. The van der Waals surface area contributed by atoms with E-state index >= 15 is 0 Å². The highest BCUT2D eigenvalue weighted by Crippen LogP contribution is 2.10. The molecular weight excluding hydrogens is 456 g/mol. The van der Waals surface area contributed by atoms with Gasteiger partial charge in [0.05, 0.1) is 6.61 Å². The smallest absolute Gasteiger partial charge is 0.191 e. The molecule has 2 N–H and O–H groups in total. The number of benzene rings is 2. The van der Waals surface area contributed by atoms with E-state index in [1.54, 1.807) is 13.1 Å². The van der Waals surface area contributed by atoms with Crippen LogP contribution in [0.1, 0.15) is 29.2 Å². The summed E-state index contributed by atoms with van der Waals surface area (Å²) in [5.41, 5.74) is 4.47. The SMILES string of the molecule is CCOCc1ccc(CNC(=NC)NCCc2ccc(F)cc2C)cc1.I. The van der Waals surface area contributed by atoms with Crippen LogP contribution in [0.15, 0.2) is 47.5 Å². The number of guanidine groups is 1. The van der Waals surface area contributed by atoms with E-state index in [0.29, 0.717) is 13.2 Å². The summed E-state index contributed by atoms with van der Waals surface area (Å²) in [6.45, 7) is 6.73. The standard InChI is InChI=1S/C21H28FN3O.HI/c1-4-26-15-18-7-5-17(6-8-18)14-25-21(23-3)24-12-11-19-9-10-20(22)13-16(19)2;/h5-10,13H,4,11-12,14-15H2,1-3H3,(H2,23,24,25);1H. The van der Waals surface area contributed by atoms with E-state index in [4.69, 9.17) is 4.74 Å². The van der Waals surface area contributed by atoms with Gasteiger partial charge in [0.2, 0.25) is 0 Å². The molecule has 0 fully saturated rings. The largest absolute Gasteiger partial charge is 0.377 e. The Morgan fingerprint density at radius 3 is 2.41 bits per heavy atom. The number of hydrogen-bond acceptors (Lipinski definition) is 2. The molecule has 0 spiro atoms. The minimum Gasteiger partial charge on any atom is -0.377 e. The molecule has 0 saturated carbocycles. The van der Waals surface area contributed by atoms with E-state index in [0.717, 1.165) is 36.7 Å². The van der Waals surface area contributed by atoms with E-state index in [2.05, 4.69) is 39.9 Å². The van der Waals surface area contributed by atoms with Crippen LogP contribution in [0.2, 0.25) is 0 Å². The van der Waals surface area contributed by atoms with Crippen molar-refractivity contribution >= 4 is 29.9 Å². The van der Waals surface area contributed by atoms with Gasteiger partial charge in [-0.3, -0.25) is 4.99 Å². The molecule has 0 heterocycles. The summed E-state index contributed by atoms with van der Waals surface area (Å²) in [6.07, 6.45) is 0.818. The van der Waals surface area contributed by atoms with Gasteiger partial charge in [0, 0.05) is 26.7 Å². The summed E-state index contributed by atoms with van der Waals surface area (Å²) in [7, 11) is 1.75. The van der Waals surface area contributed by atoms with Gasteiger partial charge in [-0.05, 0) is 54.7 Å². The summed E-state index contributed by atoms with van der Waals surface area (Å²) < 4.78 is 18.6. The molecule has 148 valence electrons. The lowest BCUT2D eigenvalue weighted by atomic mass is 10.1. The lowest BCUT2D eigenvalue weighted by molar-refractivity contribution is 0.134. The first-order valence-electron chi connectivity index (χ1n) is 8.97. The normalized spacial score (nSPS) is 11.0. The second kappa shape index (κ2) is 12.7. The summed E-state index contributed by atoms with van der Waals surface area (Å²) in [5, 5.41) is 6.60. The quantitative estimate of drug-likeness (QED) is 0.335. The zero-order chi connectivity index (χ0) is 18.8. The fourth-order valence-electron chi connectivity index (χ4n) is 2.64. The molecule has 2 rings (SSSR count). The molecule has 0 bridgehead atoms. The fourth-order valence-corrected chi connectivity index (χ4v) is 2.64. The van der Waals surface area contributed by atoms with Crippen molar-refractivity contribution in [1.82, 2.24) is 10.6 Å². The number of aryl methyl sites for hydroxylation is 1. The van der Waals surface area contributed by atoms with Crippen molar-refractivity contribution in [3.05, 3.63) is 70.5 Å². The van der Waals surface area contributed by atoms with Crippen molar-refractivity contribution in [2.75, 3.05) is 20.2 Å². The number of nitrogens with zero attached hydrogens (tertiary/aromatic N) is 1. The second-order valence-electron chi connectivity index (χ2n) is 6.13. The maximum atomic E-state index is 13.1. The molecule has 0 unspecified atom stereocenters. The van der Waals surface area contributed by atoms with E-state index in [9.17, 15) is 4.39 Å². The first-order chi connectivity index (χ1) is 12.6. The third kappa shape index (κ3) is 8.26. The molecule has 4 nitrogen and oxygen atoms in total. The molecular formula is C21H29FIN3O. The van der Waals surface area contributed by atoms with E-state index in [1.807, 2.05) is 19.9 Å². The Morgan fingerprint density at radius 2 is 1.78 bits per heavy atom. The van der Waals surface area contributed by atoms with Crippen molar-refractivity contribution in [2.45, 2.75) is 33.4 Å². The Kier molecular flexibility index (Phi) is 11.0. The maximum absolute atomic E-state index is 13.1. The van der Waals surface area contributed by atoms with Gasteiger partial charge in [-0.2, -0.15) is 0 Å². The second-order valence-corrected chi connectivity index (χ2v) is 6.13. The zero-order valence-corrected chi connectivity index (χ0v) is 18.5. The highest BCUT2D eigenvalue weighted by molar-refractivity contribution is 14.0. The predicted molar refractivity (Wildman–Crippen MR) is 120 cm³/mol. The Balaban J connectivity index is 0.00000364.